The van der Waals surface area contributed by atoms with Crippen LogP contribution < -0.4 is 5.32 Å². The monoisotopic (exact) mass is 392 g/mol. The molecular weight excluding hydrogens is 374 g/mol. The van der Waals surface area contributed by atoms with E-state index >= 15 is 0 Å². The molecule has 28 heavy (non-hydrogen) atoms. The molecule has 7 nitrogen and oxygen atoms in total. The molecule has 0 saturated carbocycles. The molecule has 0 unspecified atom stereocenters. The number of hydrogen-bond donors (Lipinski definition) is 4. The maximum absolute atomic E-state index is 13.7. The van der Waals surface area contributed by atoms with Crippen LogP contribution in [-0.4, -0.2) is 51.2 Å². The van der Waals surface area contributed by atoms with Crippen molar-refractivity contribution in [2.45, 2.75) is 18.9 Å². The first-order valence-electron chi connectivity index (χ1n) is 8.56. The van der Waals surface area contributed by atoms with Crippen molar-refractivity contribution in [2.75, 3.05) is 13.1 Å². The molecular formula is C19H18F2N2O5. The molecule has 0 aromatic heterocycles. The number of aromatic hydroxyl groups is 3. The van der Waals surface area contributed by atoms with Crippen LogP contribution in [0.25, 0.3) is 0 Å². The molecule has 2 amide bonds. The molecule has 4 N–H and O–H groups in total. The Kier molecular flexibility index (Phi) is 5.34. The van der Waals surface area contributed by atoms with Crippen LogP contribution in [0.15, 0.2) is 30.3 Å². The molecule has 0 aliphatic carbocycles. The highest BCUT2D eigenvalue weighted by molar-refractivity contribution is 5.96. The van der Waals surface area contributed by atoms with Gasteiger partial charge in [-0.05, 0) is 37.1 Å². The predicted octanol–water partition coefficient (Wildman–Crippen LogP) is 2.12. The lowest BCUT2D eigenvalue weighted by Gasteiger charge is -2.32. The highest BCUT2D eigenvalue weighted by atomic mass is 19.1. The summed E-state index contributed by atoms with van der Waals surface area (Å²) in [5.41, 5.74) is -0.237. The van der Waals surface area contributed by atoms with Gasteiger partial charge in [-0.15, -0.1) is 0 Å². The Morgan fingerprint density at radius 3 is 2.18 bits per heavy atom. The molecule has 9 heteroatoms. The second kappa shape index (κ2) is 7.71. The number of benzene rings is 2. The zero-order chi connectivity index (χ0) is 20.4. The smallest absolute Gasteiger partial charge is 0.254 e. The summed E-state index contributed by atoms with van der Waals surface area (Å²) in [5.74, 6) is -4.73. The van der Waals surface area contributed by atoms with Crippen molar-refractivity contribution < 1.29 is 33.7 Å². The van der Waals surface area contributed by atoms with Gasteiger partial charge in [-0.1, -0.05) is 0 Å². The topological polar surface area (TPSA) is 110 Å². The molecule has 0 spiro atoms. The Bertz CT molecular complexity index is 904. The zero-order valence-corrected chi connectivity index (χ0v) is 14.7. The summed E-state index contributed by atoms with van der Waals surface area (Å²) in [7, 11) is 0. The minimum Gasteiger partial charge on any atom is -0.504 e. The molecule has 1 aliphatic rings. The number of phenolic OH excluding ortho intramolecular Hbond substituents is 3. The summed E-state index contributed by atoms with van der Waals surface area (Å²) in [6.45, 7) is 0.580. The van der Waals surface area contributed by atoms with Crippen molar-refractivity contribution in [1.82, 2.24) is 10.2 Å². The van der Waals surface area contributed by atoms with Crippen LogP contribution in [0.5, 0.6) is 17.2 Å². The summed E-state index contributed by atoms with van der Waals surface area (Å²) in [6, 6.07) is 4.54. The van der Waals surface area contributed by atoms with Crippen LogP contribution >= 0.6 is 0 Å². The number of amides is 2. The van der Waals surface area contributed by atoms with Crippen LogP contribution in [-0.2, 0) is 0 Å². The first kappa shape index (κ1) is 19.4. The summed E-state index contributed by atoms with van der Waals surface area (Å²) in [4.78, 5) is 26.1. The normalized spacial score (nSPS) is 14.7. The third kappa shape index (κ3) is 3.98. The lowest BCUT2D eigenvalue weighted by molar-refractivity contribution is 0.0697. The van der Waals surface area contributed by atoms with E-state index in [1.165, 1.54) is 4.90 Å². The third-order valence-corrected chi connectivity index (χ3v) is 4.61. The number of carbonyl (C=O) groups excluding carboxylic acids is 2. The molecule has 0 radical (unpaired) electrons. The average molecular weight is 392 g/mol. The second-order valence-electron chi connectivity index (χ2n) is 6.53. The molecule has 1 aliphatic heterocycles. The van der Waals surface area contributed by atoms with Gasteiger partial charge in [-0.25, -0.2) is 8.78 Å². The fraction of sp³-hybridized carbons (Fsp3) is 0.263. The van der Waals surface area contributed by atoms with Crippen molar-refractivity contribution in [1.29, 1.82) is 0 Å². The van der Waals surface area contributed by atoms with E-state index in [1.807, 2.05) is 0 Å². The number of carbonyl (C=O) groups is 2. The number of rotatable bonds is 3. The lowest BCUT2D eigenvalue weighted by Crippen LogP contribution is -2.46. The van der Waals surface area contributed by atoms with E-state index in [0.717, 1.165) is 24.3 Å². The SMILES string of the molecule is O=C(NC1CCN(C(=O)c2cc(O)c(O)c(O)c2)CC1)c1ccc(F)cc1F. The molecule has 148 valence electrons. The highest BCUT2D eigenvalue weighted by Crippen LogP contribution is 2.35. The van der Waals surface area contributed by atoms with Crippen molar-refractivity contribution in [2.24, 2.45) is 0 Å². The lowest BCUT2D eigenvalue weighted by atomic mass is 10.0. The first-order valence-corrected chi connectivity index (χ1v) is 8.56. The van der Waals surface area contributed by atoms with E-state index in [1.54, 1.807) is 0 Å². The summed E-state index contributed by atoms with van der Waals surface area (Å²) in [5, 5.41) is 31.1. The highest BCUT2D eigenvalue weighted by Gasteiger charge is 2.26. The Morgan fingerprint density at radius 2 is 1.61 bits per heavy atom. The van der Waals surface area contributed by atoms with Crippen LogP contribution in [0.4, 0.5) is 8.78 Å². The largest absolute Gasteiger partial charge is 0.504 e. The number of halogens is 2. The van der Waals surface area contributed by atoms with Gasteiger partial charge < -0.3 is 25.5 Å². The van der Waals surface area contributed by atoms with Gasteiger partial charge in [0.2, 0.25) is 0 Å². The van der Waals surface area contributed by atoms with E-state index in [9.17, 15) is 33.7 Å². The fourth-order valence-electron chi connectivity index (χ4n) is 3.07. The van der Waals surface area contributed by atoms with Gasteiger partial charge >= 0.3 is 0 Å². The number of hydrogen-bond acceptors (Lipinski definition) is 5. The Morgan fingerprint density at radius 1 is 1.00 bits per heavy atom. The van der Waals surface area contributed by atoms with Crippen molar-refractivity contribution in [3.63, 3.8) is 0 Å². The van der Waals surface area contributed by atoms with Gasteiger partial charge in [0.25, 0.3) is 11.8 Å². The average Bonchev–Trinajstić information content (AvgIpc) is 2.65. The Balaban J connectivity index is 1.60. The van der Waals surface area contributed by atoms with E-state index < -0.39 is 40.7 Å². The predicted molar refractivity (Wildman–Crippen MR) is 94.2 cm³/mol. The van der Waals surface area contributed by atoms with E-state index in [0.29, 0.717) is 18.9 Å². The molecule has 0 atom stereocenters. The van der Waals surface area contributed by atoms with Gasteiger partial charge in [0, 0.05) is 30.8 Å². The van der Waals surface area contributed by atoms with Crippen LogP contribution in [0.1, 0.15) is 33.6 Å². The number of nitrogens with zero attached hydrogens (tertiary/aromatic N) is 1. The van der Waals surface area contributed by atoms with Gasteiger partial charge in [0.15, 0.2) is 17.2 Å². The van der Waals surface area contributed by atoms with Crippen LogP contribution in [0, 0.1) is 11.6 Å². The van der Waals surface area contributed by atoms with E-state index in [2.05, 4.69) is 5.32 Å². The second-order valence-corrected chi connectivity index (χ2v) is 6.53. The van der Waals surface area contributed by atoms with Crippen LogP contribution in [0.3, 0.4) is 0 Å². The van der Waals surface area contributed by atoms with Gasteiger partial charge in [-0.3, -0.25) is 9.59 Å². The Labute approximate surface area is 158 Å². The van der Waals surface area contributed by atoms with E-state index in [-0.39, 0.29) is 30.3 Å². The maximum atomic E-state index is 13.7. The molecule has 1 heterocycles. The summed E-state index contributed by atoms with van der Waals surface area (Å²) >= 11 is 0. The van der Waals surface area contributed by atoms with Crippen LogP contribution in [0.2, 0.25) is 0 Å². The number of piperidine rings is 1. The summed E-state index contributed by atoms with van der Waals surface area (Å²) in [6.07, 6.45) is 0.826. The number of likely N-dealkylation sites (tertiary alicyclic amines) is 1. The molecule has 2 aromatic rings. The number of nitrogens with one attached hydrogen (secondary N) is 1. The third-order valence-electron chi connectivity index (χ3n) is 4.61. The quantitative estimate of drug-likeness (QED) is 0.598. The Hall–Kier alpha value is -3.36. The molecule has 3 rings (SSSR count). The van der Waals surface area contributed by atoms with Crippen molar-refractivity contribution >= 4 is 11.8 Å². The maximum Gasteiger partial charge on any atom is 0.254 e. The number of phenols is 3. The molecule has 0 bridgehead atoms. The minimum absolute atomic E-state index is 0.0173. The summed E-state index contributed by atoms with van der Waals surface area (Å²) < 4.78 is 26.6. The van der Waals surface area contributed by atoms with E-state index in [4.69, 9.17) is 0 Å². The van der Waals surface area contributed by atoms with Gasteiger partial charge in [0.05, 0.1) is 5.56 Å². The fourth-order valence-corrected chi connectivity index (χ4v) is 3.07. The first-order chi connectivity index (χ1) is 13.3. The molecule has 1 saturated heterocycles. The minimum atomic E-state index is -0.947. The zero-order valence-electron chi connectivity index (χ0n) is 14.7. The van der Waals surface area contributed by atoms with Crippen molar-refractivity contribution in [3.05, 3.63) is 53.1 Å². The molecule has 2 aromatic carbocycles. The van der Waals surface area contributed by atoms with Gasteiger partial charge in [0.1, 0.15) is 11.6 Å². The van der Waals surface area contributed by atoms with Crippen molar-refractivity contribution in [3.8, 4) is 17.2 Å². The van der Waals surface area contributed by atoms with Gasteiger partial charge in [-0.2, -0.15) is 0 Å². The molecule has 1 fully saturated rings. The standard InChI is InChI=1S/C19H18F2N2O5/c20-11-1-2-13(14(21)9-11)18(27)22-12-3-5-23(6-4-12)19(28)10-7-15(24)17(26)16(25)8-10/h1-2,7-9,12,24-26H,3-6H2,(H,22,27).